The molecule has 0 radical (unpaired) electrons. The van der Waals surface area contributed by atoms with Crippen LogP contribution in [0.5, 0.6) is 0 Å². The van der Waals surface area contributed by atoms with Crippen molar-refractivity contribution in [2.24, 2.45) is 7.05 Å². The van der Waals surface area contributed by atoms with Gasteiger partial charge in [-0.05, 0) is 19.4 Å². The van der Waals surface area contributed by atoms with Crippen molar-refractivity contribution in [2.75, 3.05) is 6.54 Å². The third-order valence-electron chi connectivity index (χ3n) is 1.98. The number of nitriles is 1. The van der Waals surface area contributed by atoms with E-state index in [0.29, 0.717) is 6.42 Å². The molecular weight excluding hydrogens is 178 g/mol. The average Bonchev–Trinajstić information content (AvgIpc) is 2.58. The Balaban J connectivity index is 2.05. The lowest BCUT2D eigenvalue weighted by atomic mass is 10.2. The summed E-state index contributed by atoms with van der Waals surface area (Å²) in [5, 5.41) is 19.3. The lowest BCUT2D eigenvalue weighted by molar-refractivity contribution is 0.599. The highest BCUT2D eigenvalue weighted by atomic mass is 15.3. The zero-order valence-corrected chi connectivity index (χ0v) is 8.40. The zero-order valence-electron chi connectivity index (χ0n) is 8.40. The van der Waals surface area contributed by atoms with Crippen molar-refractivity contribution < 1.29 is 0 Å². The number of unbranched alkanes of at least 4 members (excludes halogenated alkanes) is 2. The summed E-state index contributed by atoms with van der Waals surface area (Å²) >= 11 is 0. The van der Waals surface area contributed by atoms with Gasteiger partial charge in [0, 0.05) is 13.5 Å². The number of aromatic nitrogens is 3. The summed E-state index contributed by atoms with van der Waals surface area (Å²) in [6, 6.07) is 2.13. The van der Waals surface area contributed by atoms with Crippen molar-refractivity contribution in [1.29, 1.82) is 5.26 Å². The first-order chi connectivity index (χ1) is 6.84. The molecule has 0 aliphatic heterocycles. The summed E-state index contributed by atoms with van der Waals surface area (Å²) in [6.45, 7) is 1.66. The molecule has 0 unspecified atom stereocenters. The molecule has 0 fully saturated rings. The lowest BCUT2D eigenvalue weighted by Gasteiger charge is -2.02. The summed E-state index contributed by atoms with van der Waals surface area (Å²) < 4.78 is 1.89. The topological polar surface area (TPSA) is 66.5 Å². The standard InChI is InChI=1S/C9H15N5/c1-14-8-12-13-9(14)7-11-6-4-2-3-5-10/h8,11H,2-4,6-7H2,1H3. The van der Waals surface area contributed by atoms with E-state index in [9.17, 15) is 0 Å². The number of aryl methyl sites for hydroxylation is 1. The maximum absolute atomic E-state index is 8.32. The molecule has 0 spiro atoms. The van der Waals surface area contributed by atoms with Crippen LogP contribution in [0.4, 0.5) is 0 Å². The Hall–Kier alpha value is -1.41. The second-order valence-electron chi connectivity index (χ2n) is 3.15. The minimum atomic E-state index is 0.644. The van der Waals surface area contributed by atoms with Gasteiger partial charge in [0.25, 0.3) is 0 Å². The first-order valence-electron chi connectivity index (χ1n) is 4.75. The monoisotopic (exact) mass is 193 g/mol. The lowest BCUT2D eigenvalue weighted by Crippen LogP contribution is -2.17. The maximum atomic E-state index is 8.32. The van der Waals surface area contributed by atoms with Crippen LogP contribution < -0.4 is 5.32 Å². The third kappa shape index (κ3) is 3.54. The normalized spacial score (nSPS) is 10.0. The molecule has 1 heterocycles. The van der Waals surface area contributed by atoms with Gasteiger partial charge in [-0.3, -0.25) is 0 Å². The second kappa shape index (κ2) is 6.11. The van der Waals surface area contributed by atoms with Crippen LogP contribution in [0.15, 0.2) is 6.33 Å². The summed E-state index contributed by atoms with van der Waals surface area (Å²) in [5.74, 6) is 0.935. The molecule has 5 nitrogen and oxygen atoms in total. The van der Waals surface area contributed by atoms with E-state index in [0.717, 1.165) is 31.8 Å². The van der Waals surface area contributed by atoms with E-state index in [1.165, 1.54) is 0 Å². The first kappa shape index (κ1) is 10.7. The van der Waals surface area contributed by atoms with Crippen LogP contribution in [0.1, 0.15) is 25.1 Å². The van der Waals surface area contributed by atoms with E-state index in [-0.39, 0.29) is 0 Å². The van der Waals surface area contributed by atoms with E-state index in [4.69, 9.17) is 5.26 Å². The van der Waals surface area contributed by atoms with Gasteiger partial charge in [-0.15, -0.1) is 10.2 Å². The molecule has 14 heavy (non-hydrogen) atoms. The molecule has 0 amide bonds. The van der Waals surface area contributed by atoms with Gasteiger partial charge in [-0.1, -0.05) is 0 Å². The minimum Gasteiger partial charge on any atom is -0.320 e. The number of nitrogens with zero attached hydrogens (tertiary/aromatic N) is 4. The van der Waals surface area contributed by atoms with Crippen LogP contribution in [0.25, 0.3) is 0 Å². The van der Waals surface area contributed by atoms with Gasteiger partial charge >= 0.3 is 0 Å². The van der Waals surface area contributed by atoms with Crippen LogP contribution in [0.3, 0.4) is 0 Å². The van der Waals surface area contributed by atoms with E-state index in [1.807, 2.05) is 11.6 Å². The number of nitrogens with one attached hydrogen (secondary N) is 1. The molecule has 1 rings (SSSR count). The molecule has 5 heteroatoms. The van der Waals surface area contributed by atoms with Gasteiger partial charge < -0.3 is 9.88 Å². The molecule has 0 saturated heterocycles. The van der Waals surface area contributed by atoms with Crippen LogP contribution in [-0.4, -0.2) is 21.3 Å². The predicted octanol–water partition coefficient (Wildman–Crippen LogP) is 0.599. The fourth-order valence-corrected chi connectivity index (χ4v) is 1.12. The second-order valence-corrected chi connectivity index (χ2v) is 3.15. The fourth-order valence-electron chi connectivity index (χ4n) is 1.12. The SMILES string of the molecule is Cn1cnnc1CNCCCCC#N. The number of hydrogen-bond acceptors (Lipinski definition) is 4. The largest absolute Gasteiger partial charge is 0.320 e. The Bertz CT molecular complexity index is 298. The van der Waals surface area contributed by atoms with Gasteiger partial charge in [0.2, 0.25) is 0 Å². The molecule has 1 aromatic rings. The van der Waals surface area contributed by atoms with Crippen molar-refractivity contribution in [3.8, 4) is 6.07 Å². The summed E-state index contributed by atoms with van der Waals surface area (Å²) in [7, 11) is 1.92. The minimum absolute atomic E-state index is 0.644. The molecule has 0 atom stereocenters. The van der Waals surface area contributed by atoms with E-state index < -0.39 is 0 Å². The van der Waals surface area contributed by atoms with Gasteiger partial charge in [0.05, 0.1) is 12.6 Å². The average molecular weight is 193 g/mol. The van der Waals surface area contributed by atoms with Gasteiger partial charge in [0.1, 0.15) is 12.2 Å². The molecule has 0 aliphatic carbocycles. The Morgan fingerprint density at radius 2 is 2.43 bits per heavy atom. The zero-order chi connectivity index (χ0) is 10.2. The molecule has 0 aliphatic rings. The first-order valence-corrected chi connectivity index (χ1v) is 4.75. The molecule has 0 aromatic carbocycles. The number of rotatable bonds is 6. The van der Waals surface area contributed by atoms with Crippen LogP contribution in [0, 0.1) is 11.3 Å². The molecule has 76 valence electrons. The summed E-state index contributed by atoms with van der Waals surface area (Å²) in [5.41, 5.74) is 0. The van der Waals surface area contributed by atoms with Crippen LogP contribution >= 0.6 is 0 Å². The Morgan fingerprint density at radius 1 is 1.57 bits per heavy atom. The fraction of sp³-hybridized carbons (Fsp3) is 0.667. The maximum Gasteiger partial charge on any atom is 0.146 e. The van der Waals surface area contributed by atoms with Crippen LogP contribution in [-0.2, 0) is 13.6 Å². The van der Waals surface area contributed by atoms with Gasteiger partial charge in [-0.25, -0.2) is 0 Å². The van der Waals surface area contributed by atoms with Crippen molar-refractivity contribution in [2.45, 2.75) is 25.8 Å². The summed E-state index contributed by atoms with van der Waals surface area (Å²) in [4.78, 5) is 0. The highest BCUT2D eigenvalue weighted by Gasteiger charge is 1.98. The molecule has 0 bridgehead atoms. The quantitative estimate of drug-likeness (QED) is 0.672. The number of hydrogen-bond donors (Lipinski definition) is 1. The van der Waals surface area contributed by atoms with Crippen molar-refractivity contribution in [3.05, 3.63) is 12.2 Å². The third-order valence-corrected chi connectivity index (χ3v) is 1.98. The molecule has 0 saturated carbocycles. The smallest absolute Gasteiger partial charge is 0.146 e. The molecular formula is C9H15N5. The summed E-state index contributed by atoms with van der Waals surface area (Å²) in [6.07, 6.45) is 4.33. The highest BCUT2D eigenvalue weighted by molar-refractivity contribution is 4.82. The van der Waals surface area contributed by atoms with Crippen molar-refractivity contribution in [3.63, 3.8) is 0 Å². The van der Waals surface area contributed by atoms with E-state index >= 15 is 0 Å². The van der Waals surface area contributed by atoms with Gasteiger partial charge in [-0.2, -0.15) is 5.26 Å². The van der Waals surface area contributed by atoms with Gasteiger partial charge in [0.15, 0.2) is 0 Å². The Kier molecular flexibility index (Phi) is 4.65. The van der Waals surface area contributed by atoms with E-state index in [1.54, 1.807) is 6.33 Å². The molecule has 1 N–H and O–H groups in total. The Morgan fingerprint density at radius 3 is 3.07 bits per heavy atom. The van der Waals surface area contributed by atoms with Crippen molar-refractivity contribution in [1.82, 2.24) is 20.1 Å². The molecule has 1 aromatic heterocycles. The predicted molar refractivity (Wildman–Crippen MR) is 52.2 cm³/mol. The highest BCUT2D eigenvalue weighted by Crippen LogP contribution is 1.93. The Labute approximate surface area is 83.8 Å². The van der Waals surface area contributed by atoms with E-state index in [2.05, 4.69) is 21.6 Å². The van der Waals surface area contributed by atoms with Crippen molar-refractivity contribution >= 4 is 0 Å². The van der Waals surface area contributed by atoms with Crippen LogP contribution in [0.2, 0.25) is 0 Å².